The molecule has 1 fully saturated rings. The highest BCUT2D eigenvalue weighted by Gasteiger charge is 2.29. The van der Waals surface area contributed by atoms with E-state index in [1.807, 2.05) is 0 Å². The van der Waals surface area contributed by atoms with Gasteiger partial charge in [-0.1, -0.05) is 19.3 Å². The Morgan fingerprint density at radius 2 is 2.16 bits per heavy atom. The van der Waals surface area contributed by atoms with Crippen molar-refractivity contribution in [2.24, 2.45) is 5.92 Å². The van der Waals surface area contributed by atoms with Crippen molar-refractivity contribution in [3.05, 3.63) is 22.2 Å². The molecule has 0 bridgehead atoms. The minimum Gasteiger partial charge on any atom is -0.480 e. The van der Waals surface area contributed by atoms with Crippen LogP contribution in [-0.2, 0) is 4.79 Å². The van der Waals surface area contributed by atoms with E-state index < -0.39 is 12.0 Å². The van der Waals surface area contributed by atoms with E-state index in [-0.39, 0.29) is 11.5 Å². The predicted octanol–water partition coefficient (Wildman–Crippen LogP) is 1.52. The fourth-order valence-electron chi connectivity index (χ4n) is 2.66. The van der Waals surface area contributed by atoms with Gasteiger partial charge in [-0.25, -0.2) is 9.78 Å². The van der Waals surface area contributed by atoms with Crippen LogP contribution in [0, 0.1) is 12.8 Å². The Morgan fingerprint density at radius 3 is 2.74 bits per heavy atom. The van der Waals surface area contributed by atoms with Gasteiger partial charge in [-0.15, -0.1) is 0 Å². The molecule has 2 rings (SSSR count). The molecule has 0 aliphatic heterocycles. The quantitative estimate of drug-likeness (QED) is 0.767. The lowest BCUT2D eigenvalue weighted by Crippen LogP contribution is -2.38. The summed E-state index contributed by atoms with van der Waals surface area (Å²) in [5.41, 5.74) is -0.275. The summed E-state index contributed by atoms with van der Waals surface area (Å²) >= 11 is 0. The molecular formula is C13H19N3O3. The van der Waals surface area contributed by atoms with Crippen LogP contribution >= 0.6 is 0 Å². The molecule has 1 aromatic heterocycles. The number of aromatic amines is 1. The number of anilines is 1. The van der Waals surface area contributed by atoms with Gasteiger partial charge in [0.15, 0.2) is 0 Å². The van der Waals surface area contributed by atoms with Crippen molar-refractivity contribution in [2.75, 3.05) is 5.32 Å². The maximum Gasteiger partial charge on any atom is 0.326 e. The Labute approximate surface area is 111 Å². The lowest BCUT2D eigenvalue weighted by atomic mass is 9.84. The van der Waals surface area contributed by atoms with Gasteiger partial charge in [-0.05, 0) is 25.7 Å². The summed E-state index contributed by atoms with van der Waals surface area (Å²) in [7, 11) is 0. The standard InChI is InChI=1S/C13H19N3O3/c1-8-14-10(7-11(17)15-8)16-12(13(18)19)9-5-3-2-4-6-9/h7,9,12H,2-6H2,1H3,(H,18,19)(H2,14,15,16,17). The van der Waals surface area contributed by atoms with Gasteiger partial charge >= 0.3 is 5.97 Å². The van der Waals surface area contributed by atoms with Crippen LogP contribution in [0.2, 0.25) is 0 Å². The van der Waals surface area contributed by atoms with Gasteiger partial charge in [-0.3, -0.25) is 4.79 Å². The van der Waals surface area contributed by atoms with E-state index in [1.54, 1.807) is 6.92 Å². The maximum absolute atomic E-state index is 11.4. The van der Waals surface area contributed by atoms with Crippen molar-refractivity contribution in [3.8, 4) is 0 Å². The monoisotopic (exact) mass is 265 g/mol. The summed E-state index contributed by atoms with van der Waals surface area (Å²) in [4.78, 5) is 29.4. The van der Waals surface area contributed by atoms with Gasteiger partial charge < -0.3 is 15.4 Å². The highest BCUT2D eigenvalue weighted by atomic mass is 16.4. The van der Waals surface area contributed by atoms with Crippen molar-refractivity contribution < 1.29 is 9.90 Å². The first-order valence-electron chi connectivity index (χ1n) is 6.63. The first-order valence-corrected chi connectivity index (χ1v) is 6.63. The number of hydrogen-bond donors (Lipinski definition) is 3. The van der Waals surface area contributed by atoms with Crippen LogP contribution in [0.1, 0.15) is 37.9 Å². The van der Waals surface area contributed by atoms with Gasteiger partial charge in [0.05, 0.1) is 0 Å². The summed E-state index contributed by atoms with van der Waals surface area (Å²) in [6, 6.07) is 0.625. The zero-order chi connectivity index (χ0) is 13.8. The minimum absolute atomic E-state index is 0.104. The molecule has 3 N–H and O–H groups in total. The van der Waals surface area contributed by atoms with Crippen LogP contribution in [0.15, 0.2) is 10.9 Å². The van der Waals surface area contributed by atoms with Gasteiger partial charge in [0, 0.05) is 6.07 Å². The number of rotatable bonds is 4. The smallest absolute Gasteiger partial charge is 0.326 e. The average molecular weight is 265 g/mol. The van der Waals surface area contributed by atoms with Crippen LogP contribution in [0.25, 0.3) is 0 Å². The molecule has 0 radical (unpaired) electrons. The van der Waals surface area contributed by atoms with E-state index in [2.05, 4.69) is 15.3 Å². The average Bonchev–Trinajstić information content (AvgIpc) is 2.35. The largest absolute Gasteiger partial charge is 0.480 e. The number of aliphatic carboxylic acids is 1. The van der Waals surface area contributed by atoms with E-state index in [1.165, 1.54) is 12.5 Å². The van der Waals surface area contributed by atoms with Crippen LogP contribution in [0.4, 0.5) is 5.82 Å². The molecule has 1 aliphatic rings. The normalized spacial score (nSPS) is 17.9. The Bertz CT molecular complexity index is 506. The molecule has 19 heavy (non-hydrogen) atoms. The Morgan fingerprint density at radius 1 is 1.47 bits per heavy atom. The highest BCUT2D eigenvalue weighted by molar-refractivity contribution is 5.77. The molecule has 1 aliphatic carbocycles. The number of aryl methyl sites for hydroxylation is 1. The third-order valence-electron chi connectivity index (χ3n) is 3.55. The predicted molar refractivity (Wildman–Crippen MR) is 71.2 cm³/mol. The van der Waals surface area contributed by atoms with Gasteiger partial charge in [0.1, 0.15) is 17.7 Å². The van der Waals surface area contributed by atoms with E-state index >= 15 is 0 Å². The van der Waals surface area contributed by atoms with E-state index in [9.17, 15) is 14.7 Å². The summed E-state index contributed by atoms with van der Waals surface area (Å²) in [5, 5.41) is 12.2. The molecule has 1 atom stereocenters. The van der Waals surface area contributed by atoms with Crippen molar-refractivity contribution in [3.63, 3.8) is 0 Å². The fraction of sp³-hybridized carbons (Fsp3) is 0.615. The summed E-state index contributed by atoms with van der Waals surface area (Å²) in [5.74, 6) is 0.0290. The van der Waals surface area contributed by atoms with Crippen LogP contribution < -0.4 is 10.9 Å². The molecule has 1 heterocycles. The zero-order valence-electron chi connectivity index (χ0n) is 11.0. The number of H-pyrrole nitrogens is 1. The second kappa shape index (κ2) is 5.86. The fourth-order valence-corrected chi connectivity index (χ4v) is 2.66. The molecule has 0 spiro atoms. The van der Waals surface area contributed by atoms with Crippen molar-refractivity contribution in [2.45, 2.75) is 45.1 Å². The Balaban J connectivity index is 2.15. The molecule has 1 saturated carbocycles. The zero-order valence-corrected chi connectivity index (χ0v) is 11.0. The molecule has 1 aromatic rings. The molecule has 0 amide bonds. The number of nitrogens with one attached hydrogen (secondary N) is 2. The third-order valence-corrected chi connectivity index (χ3v) is 3.55. The molecule has 6 heteroatoms. The van der Waals surface area contributed by atoms with E-state index in [4.69, 9.17) is 0 Å². The second-order valence-corrected chi connectivity index (χ2v) is 5.07. The summed E-state index contributed by atoms with van der Waals surface area (Å²) in [6.45, 7) is 1.67. The first-order chi connectivity index (χ1) is 9.06. The third kappa shape index (κ3) is 3.56. The number of carbonyl (C=O) groups is 1. The molecular weight excluding hydrogens is 246 g/mol. The number of carboxylic acid groups (broad SMARTS) is 1. The van der Waals surface area contributed by atoms with E-state index in [0.29, 0.717) is 11.6 Å². The highest BCUT2D eigenvalue weighted by Crippen LogP contribution is 2.28. The summed E-state index contributed by atoms with van der Waals surface area (Å²) in [6.07, 6.45) is 5.12. The maximum atomic E-state index is 11.4. The molecule has 104 valence electrons. The molecule has 6 nitrogen and oxygen atoms in total. The lowest BCUT2D eigenvalue weighted by Gasteiger charge is -2.28. The molecule has 0 saturated heterocycles. The SMILES string of the molecule is Cc1nc(NC(C(=O)O)C2CCCCC2)cc(=O)[nH]1. The Hall–Kier alpha value is -1.85. The van der Waals surface area contributed by atoms with Crippen LogP contribution in [0.5, 0.6) is 0 Å². The van der Waals surface area contributed by atoms with Gasteiger partial charge in [-0.2, -0.15) is 0 Å². The minimum atomic E-state index is -0.883. The van der Waals surface area contributed by atoms with E-state index in [0.717, 1.165) is 25.7 Å². The first kappa shape index (κ1) is 13.6. The number of carboxylic acids is 1. The second-order valence-electron chi connectivity index (χ2n) is 5.07. The van der Waals surface area contributed by atoms with Crippen LogP contribution in [-0.4, -0.2) is 27.1 Å². The van der Waals surface area contributed by atoms with Crippen molar-refractivity contribution >= 4 is 11.8 Å². The van der Waals surface area contributed by atoms with Crippen molar-refractivity contribution in [1.29, 1.82) is 0 Å². The van der Waals surface area contributed by atoms with Crippen LogP contribution in [0.3, 0.4) is 0 Å². The Kier molecular flexibility index (Phi) is 4.19. The lowest BCUT2D eigenvalue weighted by molar-refractivity contribution is -0.139. The number of nitrogens with zero attached hydrogens (tertiary/aromatic N) is 1. The topological polar surface area (TPSA) is 95.1 Å². The number of aromatic nitrogens is 2. The van der Waals surface area contributed by atoms with Gasteiger partial charge in [0.2, 0.25) is 0 Å². The number of hydrogen-bond acceptors (Lipinski definition) is 4. The molecule has 0 aromatic carbocycles. The molecule has 1 unspecified atom stereocenters. The van der Waals surface area contributed by atoms with Crippen molar-refractivity contribution in [1.82, 2.24) is 9.97 Å². The van der Waals surface area contributed by atoms with Gasteiger partial charge in [0.25, 0.3) is 5.56 Å². The summed E-state index contributed by atoms with van der Waals surface area (Å²) < 4.78 is 0.